The molecule has 0 aliphatic carbocycles. The molecule has 1 aromatic carbocycles. The molecule has 0 saturated carbocycles. The number of aryl methyl sites for hydroxylation is 1. The summed E-state index contributed by atoms with van der Waals surface area (Å²) in [5.74, 6) is 1.57. The first kappa shape index (κ1) is 12.5. The quantitative estimate of drug-likeness (QED) is 0.816. The summed E-state index contributed by atoms with van der Waals surface area (Å²) in [6, 6.07) is 9.02. The van der Waals surface area contributed by atoms with Gasteiger partial charge in [0.2, 0.25) is 0 Å². The summed E-state index contributed by atoms with van der Waals surface area (Å²) >= 11 is 0. The van der Waals surface area contributed by atoms with Crippen molar-refractivity contribution in [3.63, 3.8) is 0 Å². The van der Waals surface area contributed by atoms with Crippen molar-refractivity contribution in [1.29, 1.82) is 0 Å². The molecule has 1 fully saturated rings. The SMILES string of the molecule is CC[C@@H]1CNC[C@H]1c1ccc(C)cc1.Cl. The minimum Gasteiger partial charge on any atom is -0.316 e. The van der Waals surface area contributed by atoms with Crippen molar-refractivity contribution in [2.75, 3.05) is 13.1 Å². The molecule has 0 amide bonds. The Morgan fingerprint density at radius 3 is 2.47 bits per heavy atom. The van der Waals surface area contributed by atoms with E-state index in [1.54, 1.807) is 0 Å². The molecule has 1 aliphatic rings. The molecule has 0 unspecified atom stereocenters. The Hall–Kier alpha value is -0.530. The van der Waals surface area contributed by atoms with Gasteiger partial charge in [0.05, 0.1) is 0 Å². The molecule has 2 heteroatoms. The van der Waals surface area contributed by atoms with Gasteiger partial charge in [0.25, 0.3) is 0 Å². The average molecular weight is 226 g/mol. The van der Waals surface area contributed by atoms with E-state index >= 15 is 0 Å². The van der Waals surface area contributed by atoms with Crippen LogP contribution >= 0.6 is 12.4 Å². The lowest BCUT2D eigenvalue weighted by molar-refractivity contribution is 0.503. The molecule has 84 valence electrons. The van der Waals surface area contributed by atoms with Crippen LogP contribution in [0.4, 0.5) is 0 Å². The van der Waals surface area contributed by atoms with Crippen molar-refractivity contribution >= 4 is 12.4 Å². The van der Waals surface area contributed by atoms with E-state index in [1.165, 1.54) is 24.1 Å². The Balaban J connectivity index is 0.00000112. The van der Waals surface area contributed by atoms with E-state index in [0.29, 0.717) is 0 Å². The lowest BCUT2D eigenvalue weighted by Gasteiger charge is -2.17. The van der Waals surface area contributed by atoms with Crippen LogP contribution in [0.2, 0.25) is 0 Å². The summed E-state index contributed by atoms with van der Waals surface area (Å²) < 4.78 is 0. The fraction of sp³-hybridized carbons (Fsp3) is 0.538. The summed E-state index contributed by atoms with van der Waals surface area (Å²) in [5, 5.41) is 3.49. The minimum atomic E-state index is 0. The number of hydrogen-bond donors (Lipinski definition) is 1. The second-order valence-corrected chi connectivity index (χ2v) is 4.34. The van der Waals surface area contributed by atoms with Crippen molar-refractivity contribution in [3.05, 3.63) is 35.4 Å². The van der Waals surface area contributed by atoms with Crippen molar-refractivity contribution in [3.8, 4) is 0 Å². The van der Waals surface area contributed by atoms with Crippen LogP contribution in [-0.4, -0.2) is 13.1 Å². The maximum absolute atomic E-state index is 3.49. The zero-order chi connectivity index (χ0) is 9.97. The van der Waals surface area contributed by atoms with Gasteiger partial charge in [-0.05, 0) is 24.9 Å². The Morgan fingerprint density at radius 1 is 1.20 bits per heavy atom. The Bertz CT molecular complexity index is 294. The van der Waals surface area contributed by atoms with Crippen LogP contribution in [0, 0.1) is 12.8 Å². The fourth-order valence-corrected chi connectivity index (χ4v) is 2.37. The van der Waals surface area contributed by atoms with Gasteiger partial charge in [-0.3, -0.25) is 0 Å². The second kappa shape index (κ2) is 5.53. The van der Waals surface area contributed by atoms with Crippen molar-refractivity contribution in [2.24, 2.45) is 5.92 Å². The van der Waals surface area contributed by atoms with Crippen LogP contribution in [-0.2, 0) is 0 Å². The third kappa shape index (κ3) is 2.73. The average Bonchev–Trinajstić information content (AvgIpc) is 2.67. The number of halogens is 1. The Labute approximate surface area is 98.7 Å². The molecular weight excluding hydrogens is 206 g/mol. The van der Waals surface area contributed by atoms with Gasteiger partial charge < -0.3 is 5.32 Å². The predicted molar refractivity (Wildman–Crippen MR) is 67.8 cm³/mol. The molecule has 1 saturated heterocycles. The van der Waals surface area contributed by atoms with E-state index in [1.807, 2.05) is 0 Å². The van der Waals surface area contributed by atoms with Crippen LogP contribution in [0.15, 0.2) is 24.3 Å². The molecule has 2 rings (SSSR count). The lowest BCUT2D eigenvalue weighted by Crippen LogP contribution is -2.09. The Morgan fingerprint density at radius 2 is 1.87 bits per heavy atom. The molecule has 15 heavy (non-hydrogen) atoms. The van der Waals surface area contributed by atoms with E-state index in [4.69, 9.17) is 0 Å². The van der Waals surface area contributed by atoms with Crippen molar-refractivity contribution in [2.45, 2.75) is 26.2 Å². The molecule has 0 radical (unpaired) electrons. The second-order valence-electron chi connectivity index (χ2n) is 4.34. The summed E-state index contributed by atoms with van der Waals surface area (Å²) in [4.78, 5) is 0. The van der Waals surface area contributed by atoms with Crippen LogP contribution in [0.25, 0.3) is 0 Å². The van der Waals surface area contributed by atoms with Gasteiger partial charge >= 0.3 is 0 Å². The topological polar surface area (TPSA) is 12.0 Å². The number of hydrogen-bond acceptors (Lipinski definition) is 1. The van der Waals surface area contributed by atoms with Gasteiger partial charge in [-0.1, -0.05) is 43.2 Å². The molecule has 1 nitrogen and oxygen atoms in total. The minimum absolute atomic E-state index is 0. The Kier molecular flexibility index (Phi) is 4.62. The van der Waals surface area contributed by atoms with Crippen molar-refractivity contribution in [1.82, 2.24) is 5.32 Å². The monoisotopic (exact) mass is 225 g/mol. The normalized spacial score (nSPS) is 24.9. The zero-order valence-electron chi connectivity index (χ0n) is 9.49. The van der Waals surface area contributed by atoms with Gasteiger partial charge in [0.1, 0.15) is 0 Å². The van der Waals surface area contributed by atoms with Crippen LogP contribution in [0.3, 0.4) is 0 Å². The van der Waals surface area contributed by atoms with Crippen LogP contribution in [0.5, 0.6) is 0 Å². The smallest absolute Gasteiger partial charge is 0.00234 e. The van der Waals surface area contributed by atoms with Gasteiger partial charge in [0.15, 0.2) is 0 Å². The maximum Gasteiger partial charge on any atom is 0.00234 e. The number of benzene rings is 1. The highest BCUT2D eigenvalue weighted by molar-refractivity contribution is 5.85. The first-order chi connectivity index (χ1) is 6.81. The number of nitrogens with one attached hydrogen (secondary N) is 1. The zero-order valence-corrected chi connectivity index (χ0v) is 10.3. The van der Waals surface area contributed by atoms with E-state index in [-0.39, 0.29) is 12.4 Å². The molecule has 1 heterocycles. The highest BCUT2D eigenvalue weighted by Crippen LogP contribution is 2.30. The van der Waals surface area contributed by atoms with E-state index in [9.17, 15) is 0 Å². The molecule has 1 aliphatic heterocycles. The standard InChI is InChI=1S/C13H19N.ClH/c1-3-11-8-14-9-13(11)12-6-4-10(2)5-7-12;/h4-7,11,13-14H,3,8-9H2,1-2H3;1H/t11-,13-;/m1./s1. The van der Waals surface area contributed by atoms with E-state index in [0.717, 1.165) is 18.4 Å². The maximum atomic E-state index is 3.49. The first-order valence-corrected chi connectivity index (χ1v) is 5.58. The molecule has 0 bridgehead atoms. The van der Waals surface area contributed by atoms with E-state index < -0.39 is 0 Å². The van der Waals surface area contributed by atoms with Gasteiger partial charge in [0, 0.05) is 12.5 Å². The largest absolute Gasteiger partial charge is 0.316 e. The van der Waals surface area contributed by atoms with Crippen LogP contribution < -0.4 is 5.32 Å². The highest BCUT2D eigenvalue weighted by atomic mass is 35.5. The van der Waals surface area contributed by atoms with Gasteiger partial charge in [-0.15, -0.1) is 12.4 Å². The molecule has 0 spiro atoms. The molecule has 2 atom stereocenters. The first-order valence-electron chi connectivity index (χ1n) is 5.58. The highest BCUT2D eigenvalue weighted by Gasteiger charge is 2.26. The summed E-state index contributed by atoms with van der Waals surface area (Å²) in [6.07, 6.45) is 1.28. The third-order valence-electron chi connectivity index (χ3n) is 3.37. The number of rotatable bonds is 2. The van der Waals surface area contributed by atoms with Crippen molar-refractivity contribution < 1.29 is 0 Å². The predicted octanol–water partition coefficient (Wildman–Crippen LogP) is 3.13. The summed E-state index contributed by atoms with van der Waals surface area (Å²) in [6.45, 7) is 6.78. The molecule has 0 aromatic heterocycles. The molecular formula is C13H20ClN. The lowest BCUT2D eigenvalue weighted by atomic mass is 9.87. The van der Waals surface area contributed by atoms with E-state index in [2.05, 4.69) is 43.4 Å². The fourth-order valence-electron chi connectivity index (χ4n) is 2.37. The third-order valence-corrected chi connectivity index (χ3v) is 3.37. The molecule has 1 N–H and O–H groups in total. The van der Waals surface area contributed by atoms with Gasteiger partial charge in [-0.2, -0.15) is 0 Å². The summed E-state index contributed by atoms with van der Waals surface area (Å²) in [5.41, 5.74) is 2.86. The molecule has 1 aromatic rings. The van der Waals surface area contributed by atoms with Gasteiger partial charge in [-0.25, -0.2) is 0 Å². The summed E-state index contributed by atoms with van der Waals surface area (Å²) in [7, 11) is 0. The van der Waals surface area contributed by atoms with Crippen LogP contribution in [0.1, 0.15) is 30.4 Å².